The fourth-order valence-electron chi connectivity index (χ4n) is 0.920. The number of pyridine rings is 1. The number of carbonyl (C=O) groups excluding carboxylic acids is 2. The number of aromatic nitrogens is 1. The summed E-state index contributed by atoms with van der Waals surface area (Å²) in [6.07, 6.45) is 0.708. The quantitative estimate of drug-likeness (QED) is 0.568. The SMILES string of the molecule is CCOC(=O)CC(=O)Oc1ncccc1F. The Morgan fingerprint density at radius 2 is 2.19 bits per heavy atom. The van der Waals surface area contributed by atoms with Crippen molar-refractivity contribution in [1.29, 1.82) is 0 Å². The van der Waals surface area contributed by atoms with E-state index in [-0.39, 0.29) is 6.61 Å². The summed E-state index contributed by atoms with van der Waals surface area (Å²) in [6.45, 7) is 1.78. The fourth-order valence-corrected chi connectivity index (χ4v) is 0.920. The molecule has 5 nitrogen and oxygen atoms in total. The monoisotopic (exact) mass is 227 g/mol. The molecule has 0 aliphatic rings. The van der Waals surface area contributed by atoms with Crippen molar-refractivity contribution in [3.05, 3.63) is 24.1 Å². The van der Waals surface area contributed by atoms with Crippen LogP contribution in [0.4, 0.5) is 4.39 Å². The molecule has 16 heavy (non-hydrogen) atoms. The van der Waals surface area contributed by atoms with Gasteiger partial charge in [-0.3, -0.25) is 9.59 Å². The molecule has 0 N–H and O–H groups in total. The third kappa shape index (κ3) is 3.64. The minimum atomic E-state index is -0.906. The van der Waals surface area contributed by atoms with Crippen molar-refractivity contribution in [2.24, 2.45) is 0 Å². The lowest BCUT2D eigenvalue weighted by Crippen LogP contribution is -2.17. The van der Waals surface area contributed by atoms with Crippen LogP contribution in [0.5, 0.6) is 5.88 Å². The molecule has 86 valence electrons. The highest BCUT2D eigenvalue weighted by Gasteiger charge is 2.15. The van der Waals surface area contributed by atoms with Crippen LogP contribution in [0.1, 0.15) is 13.3 Å². The molecule has 1 aromatic heterocycles. The van der Waals surface area contributed by atoms with Crippen LogP contribution in [0.3, 0.4) is 0 Å². The van der Waals surface area contributed by atoms with Gasteiger partial charge >= 0.3 is 11.9 Å². The highest BCUT2D eigenvalue weighted by atomic mass is 19.1. The van der Waals surface area contributed by atoms with Crippen molar-refractivity contribution in [2.75, 3.05) is 6.61 Å². The lowest BCUT2D eigenvalue weighted by atomic mass is 10.4. The molecule has 0 saturated carbocycles. The zero-order chi connectivity index (χ0) is 12.0. The minimum absolute atomic E-state index is 0.171. The molecule has 1 rings (SSSR count). The average Bonchev–Trinajstić information content (AvgIpc) is 2.21. The molecule has 0 atom stereocenters. The van der Waals surface area contributed by atoms with Crippen molar-refractivity contribution in [2.45, 2.75) is 13.3 Å². The van der Waals surface area contributed by atoms with Crippen LogP contribution >= 0.6 is 0 Å². The Balaban J connectivity index is 2.52. The summed E-state index contributed by atoms with van der Waals surface area (Å²) < 4.78 is 22.0. The molecular formula is C10H10FNO4. The Hall–Kier alpha value is -1.98. The highest BCUT2D eigenvalue weighted by molar-refractivity contribution is 5.92. The molecule has 1 heterocycles. The van der Waals surface area contributed by atoms with Crippen LogP contribution in [0.15, 0.2) is 18.3 Å². The second-order valence-electron chi connectivity index (χ2n) is 2.75. The molecule has 0 spiro atoms. The van der Waals surface area contributed by atoms with E-state index in [1.165, 1.54) is 12.3 Å². The van der Waals surface area contributed by atoms with Crippen molar-refractivity contribution in [3.63, 3.8) is 0 Å². The minimum Gasteiger partial charge on any atom is -0.466 e. The summed E-state index contributed by atoms with van der Waals surface area (Å²) in [7, 11) is 0. The topological polar surface area (TPSA) is 65.5 Å². The third-order valence-electron chi connectivity index (χ3n) is 1.53. The van der Waals surface area contributed by atoms with E-state index >= 15 is 0 Å². The molecule has 0 fully saturated rings. The van der Waals surface area contributed by atoms with Gasteiger partial charge < -0.3 is 9.47 Å². The predicted octanol–water partition coefficient (Wildman–Crippen LogP) is 1.08. The number of rotatable bonds is 4. The zero-order valence-corrected chi connectivity index (χ0v) is 8.60. The molecule has 0 unspecified atom stereocenters. The molecule has 1 aromatic rings. The van der Waals surface area contributed by atoms with E-state index in [4.69, 9.17) is 0 Å². The molecular weight excluding hydrogens is 217 g/mol. The van der Waals surface area contributed by atoms with E-state index in [9.17, 15) is 14.0 Å². The zero-order valence-electron chi connectivity index (χ0n) is 8.60. The van der Waals surface area contributed by atoms with Crippen molar-refractivity contribution >= 4 is 11.9 Å². The molecule has 6 heteroatoms. The van der Waals surface area contributed by atoms with Crippen molar-refractivity contribution < 1.29 is 23.5 Å². The van der Waals surface area contributed by atoms with Gasteiger partial charge in [0.2, 0.25) is 0 Å². The molecule has 0 amide bonds. The van der Waals surface area contributed by atoms with E-state index in [1.54, 1.807) is 6.92 Å². The summed E-state index contributed by atoms with van der Waals surface area (Å²) in [4.78, 5) is 25.5. The largest absolute Gasteiger partial charge is 0.466 e. The number of esters is 2. The van der Waals surface area contributed by atoms with E-state index in [2.05, 4.69) is 14.5 Å². The summed E-state index contributed by atoms with van der Waals surface area (Å²) in [5.74, 6) is -2.84. The van der Waals surface area contributed by atoms with Gasteiger partial charge in [-0.15, -0.1) is 0 Å². The van der Waals surface area contributed by atoms with Gasteiger partial charge in [-0.2, -0.15) is 0 Å². The second-order valence-corrected chi connectivity index (χ2v) is 2.75. The Morgan fingerprint density at radius 1 is 1.44 bits per heavy atom. The standard InChI is InChI=1S/C10H10FNO4/c1-2-15-8(13)6-9(14)16-10-7(11)4-3-5-12-10/h3-5H,2,6H2,1H3. The number of carbonyl (C=O) groups is 2. The van der Waals surface area contributed by atoms with E-state index in [1.807, 2.05) is 0 Å². The first-order valence-corrected chi connectivity index (χ1v) is 4.60. The van der Waals surface area contributed by atoms with E-state index in [0.29, 0.717) is 0 Å². The first-order valence-electron chi connectivity index (χ1n) is 4.60. The van der Waals surface area contributed by atoms with Gasteiger partial charge in [-0.05, 0) is 19.1 Å². The summed E-state index contributed by atoms with van der Waals surface area (Å²) in [6, 6.07) is 2.46. The molecule has 0 radical (unpaired) electrons. The molecule has 0 saturated heterocycles. The Morgan fingerprint density at radius 3 is 2.81 bits per heavy atom. The number of ether oxygens (including phenoxy) is 2. The normalized spacial score (nSPS) is 9.62. The van der Waals surface area contributed by atoms with Crippen LogP contribution in [0, 0.1) is 5.82 Å². The second kappa shape index (κ2) is 5.79. The Kier molecular flexibility index (Phi) is 4.38. The third-order valence-corrected chi connectivity index (χ3v) is 1.53. The number of halogens is 1. The lowest BCUT2D eigenvalue weighted by molar-refractivity contribution is -0.150. The van der Waals surface area contributed by atoms with E-state index < -0.39 is 30.1 Å². The van der Waals surface area contributed by atoms with Crippen LogP contribution < -0.4 is 4.74 Å². The van der Waals surface area contributed by atoms with Crippen LogP contribution in [0.25, 0.3) is 0 Å². The number of nitrogens with zero attached hydrogens (tertiary/aromatic N) is 1. The highest BCUT2D eigenvalue weighted by Crippen LogP contribution is 2.11. The van der Waals surface area contributed by atoms with Gasteiger partial charge in [-0.25, -0.2) is 9.37 Å². The molecule has 0 bridgehead atoms. The average molecular weight is 227 g/mol. The van der Waals surface area contributed by atoms with Gasteiger partial charge in [0.05, 0.1) is 6.61 Å². The van der Waals surface area contributed by atoms with Crippen molar-refractivity contribution in [3.8, 4) is 5.88 Å². The van der Waals surface area contributed by atoms with Crippen LogP contribution in [-0.4, -0.2) is 23.5 Å². The maximum absolute atomic E-state index is 13.0. The fraction of sp³-hybridized carbons (Fsp3) is 0.300. The number of hydrogen-bond acceptors (Lipinski definition) is 5. The van der Waals surface area contributed by atoms with Gasteiger partial charge in [-0.1, -0.05) is 0 Å². The summed E-state index contributed by atoms with van der Waals surface area (Å²) in [5.41, 5.74) is 0. The maximum atomic E-state index is 13.0. The summed E-state index contributed by atoms with van der Waals surface area (Å²) in [5, 5.41) is 0. The lowest BCUT2D eigenvalue weighted by Gasteiger charge is -2.03. The Bertz CT molecular complexity index is 394. The summed E-state index contributed by atoms with van der Waals surface area (Å²) >= 11 is 0. The van der Waals surface area contributed by atoms with Gasteiger partial charge in [0.25, 0.3) is 5.88 Å². The first-order chi connectivity index (χ1) is 7.63. The van der Waals surface area contributed by atoms with Crippen molar-refractivity contribution in [1.82, 2.24) is 4.98 Å². The van der Waals surface area contributed by atoms with Crippen LogP contribution in [-0.2, 0) is 14.3 Å². The maximum Gasteiger partial charge on any atom is 0.323 e. The molecule has 0 aromatic carbocycles. The smallest absolute Gasteiger partial charge is 0.323 e. The van der Waals surface area contributed by atoms with E-state index in [0.717, 1.165) is 6.07 Å². The van der Waals surface area contributed by atoms with Gasteiger partial charge in [0.1, 0.15) is 6.42 Å². The molecule has 0 aliphatic heterocycles. The van der Waals surface area contributed by atoms with Crippen LogP contribution in [0.2, 0.25) is 0 Å². The van der Waals surface area contributed by atoms with Gasteiger partial charge in [0, 0.05) is 6.20 Å². The Labute approximate surface area is 91.2 Å². The first kappa shape index (κ1) is 12.1. The van der Waals surface area contributed by atoms with Gasteiger partial charge in [0.15, 0.2) is 5.82 Å². The number of hydrogen-bond donors (Lipinski definition) is 0. The molecule has 0 aliphatic carbocycles. The predicted molar refractivity (Wildman–Crippen MR) is 51.1 cm³/mol.